The summed E-state index contributed by atoms with van der Waals surface area (Å²) in [6.45, 7) is 0.382. The monoisotopic (exact) mass is 903 g/mol. The van der Waals surface area contributed by atoms with Crippen molar-refractivity contribution in [2.75, 3.05) is 98.8 Å². The molecule has 2 aromatic carbocycles. The molecule has 0 fully saturated rings. The third-order valence-electron chi connectivity index (χ3n) is 8.72. The lowest BCUT2D eigenvalue weighted by Gasteiger charge is -2.23. The van der Waals surface area contributed by atoms with E-state index in [2.05, 4.69) is 31.7 Å². The predicted molar refractivity (Wildman–Crippen MR) is 224 cm³/mol. The third-order valence-corrected chi connectivity index (χ3v) is 8.72. The summed E-state index contributed by atoms with van der Waals surface area (Å²) in [5.74, 6) is 0.126. The van der Waals surface area contributed by atoms with Crippen molar-refractivity contribution in [3.63, 3.8) is 0 Å². The van der Waals surface area contributed by atoms with Gasteiger partial charge in [-0.1, -0.05) is 0 Å². The van der Waals surface area contributed by atoms with Crippen LogP contribution in [0.2, 0.25) is 0 Å². The first-order chi connectivity index (χ1) is 26.5. The Hall–Kier alpha value is -4.45. The summed E-state index contributed by atoms with van der Waals surface area (Å²) >= 11 is 0. The maximum Gasteiger partial charge on any atom is 0.422 e. The molecule has 0 spiro atoms. The Morgan fingerprint density at radius 3 is 1.08 bits per heavy atom. The molecule has 0 aliphatic carbocycles. The summed E-state index contributed by atoms with van der Waals surface area (Å²) in [6, 6.07) is 13.8. The molecule has 330 valence electrons. The average molecular weight is 905 g/mol. The summed E-state index contributed by atoms with van der Waals surface area (Å²) in [7, 11) is 11.4. The highest BCUT2D eigenvalue weighted by Gasteiger charge is 2.31. The van der Waals surface area contributed by atoms with Gasteiger partial charge in [0.25, 0.3) is 0 Å². The van der Waals surface area contributed by atoms with Crippen LogP contribution in [0.5, 0.6) is 34.5 Å². The van der Waals surface area contributed by atoms with Gasteiger partial charge in [-0.05, 0) is 81.5 Å². The van der Waals surface area contributed by atoms with Crippen LogP contribution in [0.3, 0.4) is 0 Å². The first kappa shape index (κ1) is 52.6. The molecule has 4 rings (SSSR count). The molecule has 0 bridgehead atoms. The Balaban J connectivity index is 0.00000580. The smallest absolute Gasteiger partial charge is 0.422 e. The highest BCUT2D eigenvalue weighted by atomic mass is 35.5. The summed E-state index contributed by atoms with van der Waals surface area (Å²) in [6.07, 6.45) is -3.73. The van der Waals surface area contributed by atoms with E-state index in [1.54, 1.807) is 36.7 Å². The van der Waals surface area contributed by atoms with Gasteiger partial charge >= 0.3 is 12.4 Å². The van der Waals surface area contributed by atoms with Gasteiger partial charge in [-0.2, -0.15) is 26.3 Å². The van der Waals surface area contributed by atoms with Crippen molar-refractivity contribution in [3.05, 3.63) is 60.9 Å². The van der Waals surface area contributed by atoms with Crippen molar-refractivity contribution in [1.29, 1.82) is 0 Å². The van der Waals surface area contributed by atoms with Gasteiger partial charge in [0.1, 0.15) is 0 Å². The molecule has 59 heavy (non-hydrogen) atoms. The van der Waals surface area contributed by atoms with E-state index in [0.717, 1.165) is 50.4 Å². The van der Waals surface area contributed by atoms with Gasteiger partial charge in [-0.25, -0.2) is 0 Å². The number of hydrogen-bond acceptors (Lipinski definition) is 11. The van der Waals surface area contributed by atoms with Crippen LogP contribution in [0.25, 0.3) is 22.5 Å². The lowest BCUT2D eigenvalue weighted by Crippen LogP contribution is -2.28. The van der Waals surface area contributed by atoms with Crippen LogP contribution in [0.1, 0.15) is 12.8 Å². The van der Waals surface area contributed by atoms with Gasteiger partial charge in [0.2, 0.25) is 11.5 Å². The minimum atomic E-state index is -4.52. The number of nitrogens with zero attached hydrogens (tertiary/aromatic N) is 5. The number of anilines is 2. The minimum Gasteiger partial charge on any atom is -0.493 e. The fraction of sp³-hybridized carbons (Fsp3) is 0.436. The van der Waals surface area contributed by atoms with Gasteiger partial charge in [0, 0.05) is 38.3 Å². The number of halogens is 9. The van der Waals surface area contributed by atoms with Crippen molar-refractivity contribution in [3.8, 4) is 57.0 Å². The normalized spacial score (nSPS) is 11.1. The summed E-state index contributed by atoms with van der Waals surface area (Å²) in [5, 5.41) is 0. The zero-order chi connectivity index (χ0) is 41.0. The standard InChI is InChI=1S/C39H47F6N5O6.3ClH/c1-48(14-8-16-49(2)28-10-12-30(46-22-28)26-18-32(51-4)36(33(19-26)52-5)55-24-38(40,41)42)15-9-17-50(3)29-11-13-31(47-23-29)27-20-34(53-6)37(35(21-27)54-7)56-25-39(43,44)45;;;/h10-13,18-23H,8-9,14-17,24-25H2,1-7H3;3*1H. The van der Waals surface area contributed by atoms with Crippen LogP contribution in [-0.2, 0) is 0 Å². The molecule has 2 aromatic heterocycles. The summed E-state index contributed by atoms with van der Waals surface area (Å²) < 4.78 is 108. The van der Waals surface area contributed by atoms with Crippen LogP contribution in [0, 0.1) is 0 Å². The molecule has 0 saturated heterocycles. The highest BCUT2D eigenvalue weighted by molar-refractivity contribution is 5.86. The molecule has 0 unspecified atom stereocenters. The number of hydrogen-bond donors (Lipinski definition) is 0. The third kappa shape index (κ3) is 15.6. The van der Waals surface area contributed by atoms with E-state index in [9.17, 15) is 26.3 Å². The summed E-state index contributed by atoms with van der Waals surface area (Å²) in [4.78, 5) is 15.6. The second kappa shape index (κ2) is 24.0. The van der Waals surface area contributed by atoms with Gasteiger partial charge in [0.05, 0.1) is 63.6 Å². The minimum absolute atomic E-state index is 0. The quantitative estimate of drug-likeness (QED) is 0.0796. The molecular formula is C39H50Cl3F6N5O6. The second-order valence-electron chi connectivity index (χ2n) is 12.9. The van der Waals surface area contributed by atoms with Crippen molar-refractivity contribution >= 4 is 48.6 Å². The Labute approximate surface area is 359 Å². The second-order valence-corrected chi connectivity index (χ2v) is 12.9. The molecule has 0 radical (unpaired) electrons. The van der Waals surface area contributed by atoms with Crippen LogP contribution >= 0.6 is 37.2 Å². The summed E-state index contributed by atoms with van der Waals surface area (Å²) in [5.41, 5.74) is 4.19. The van der Waals surface area contributed by atoms with Gasteiger partial charge in [-0.15, -0.1) is 37.2 Å². The fourth-order valence-electron chi connectivity index (χ4n) is 5.74. The number of methoxy groups -OCH3 is 4. The molecule has 0 aliphatic heterocycles. The van der Waals surface area contributed by atoms with E-state index in [1.807, 2.05) is 38.4 Å². The van der Waals surface area contributed by atoms with E-state index in [1.165, 1.54) is 28.4 Å². The lowest BCUT2D eigenvalue weighted by atomic mass is 10.1. The van der Waals surface area contributed by atoms with Crippen LogP contribution in [0.4, 0.5) is 37.7 Å². The first-order valence-corrected chi connectivity index (χ1v) is 17.5. The molecule has 0 atom stereocenters. The largest absolute Gasteiger partial charge is 0.493 e. The topological polar surface area (TPSA) is 90.9 Å². The first-order valence-electron chi connectivity index (χ1n) is 17.5. The van der Waals surface area contributed by atoms with Crippen molar-refractivity contribution in [2.24, 2.45) is 0 Å². The van der Waals surface area contributed by atoms with E-state index in [0.29, 0.717) is 22.5 Å². The molecule has 0 amide bonds. The van der Waals surface area contributed by atoms with Crippen LogP contribution in [-0.4, -0.2) is 116 Å². The molecule has 0 saturated carbocycles. The number of ether oxygens (including phenoxy) is 6. The molecular weight excluding hydrogens is 855 g/mol. The molecule has 0 aliphatic rings. The van der Waals surface area contributed by atoms with Crippen molar-refractivity contribution in [1.82, 2.24) is 14.9 Å². The molecule has 2 heterocycles. The van der Waals surface area contributed by atoms with Crippen LogP contribution in [0.15, 0.2) is 60.9 Å². The number of aromatic nitrogens is 2. The Bertz CT molecular complexity index is 1680. The number of rotatable bonds is 20. The highest BCUT2D eigenvalue weighted by Crippen LogP contribution is 2.43. The zero-order valence-corrected chi connectivity index (χ0v) is 36.1. The van der Waals surface area contributed by atoms with E-state index in [-0.39, 0.29) is 71.7 Å². The Kier molecular flexibility index (Phi) is 21.4. The average Bonchev–Trinajstić information content (AvgIpc) is 3.17. The molecule has 11 nitrogen and oxygen atoms in total. The van der Waals surface area contributed by atoms with Crippen LogP contribution < -0.4 is 38.2 Å². The SMILES string of the molecule is COc1cc(-c2ccc(N(C)CCCN(C)CCCN(C)c3ccc(-c4cc(OC)c(OCC(F)(F)F)c(OC)c4)nc3)cn2)cc(OC)c1OCC(F)(F)F.Cl.Cl.Cl. The number of pyridine rings is 2. The van der Waals surface area contributed by atoms with E-state index >= 15 is 0 Å². The molecule has 0 N–H and O–H groups in total. The predicted octanol–water partition coefficient (Wildman–Crippen LogP) is 9.28. The van der Waals surface area contributed by atoms with Crippen molar-refractivity contribution < 1.29 is 54.8 Å². The van der Waals surface area contributed by atoms with Gasteiger partial charge < -0.3 is 43.1 Å². The Morgan fingerprint density at radius 2 is 0.831 bits per heavy atom. The Morgan fingerprint density at radius 1 is 0.508 bits per heavy atom. The van der Waals surface area contributed by atoms with Gasteiger partial charge in [-0.3, -0.25) is 9.97 Å². The van der Waals surface area contributed by atoms with Gasteiger partial charge in [0.15, 0.2) is 36.2 Å². The molecule has 4 aromatic rings. The zero-order valence-electron chi connectivity index (χ0n) is 33.6. The maximum atomic E-state index is 12.8. The lowest BCUT2D eigenvalue weighted by molar-refractivity contribution is -0.154. The fourth-order valence-corrected chi connectivity index (χ4v) is 5.74. The maximum absolute atomic E-state index is 12.8. The van der Waals surface area contributed by atoms with E-state index < -0.39 is 25.6 Å². The van der Waals surface area contributed by atoms with Crippen molar-refractivity contribution in [2.45, 2.75) is 25.2 Å². The number of alkyl halides is 6. The number of benzene rings is 2. The van der Waals surface area contributed by atoms with E-state index in [4.69, 9.17) is 28.4 Å². The molecule has 20 heteroatoms.